The summed E-state index contributed by atoms with van der Waals surface area (Å²) in [4.78, 5) is 44.4. The van der Waals surface area contributed by atoms with Gasteiger partial charge < -0.3 is 14.9 Å². The molecule has 3 heterocycles. The van der Waals surface area contributed by atoms with Gasteiger partial charge in [0, 0.05) is 40.3 Å². The molecule has 0 unspecified atom stereocenters. The zero-order valence-corrected chi connectivity index (χ0v) is 16.6. The lowest BCUT2D eigenvalue weighted by Crippen LogP contribution is -2.49. The molecule has 10 nitrogen and oxygen atoms in total. The van der Waals surface area contributed by atoms with Gasteiger partial charge in [-0.1, -0.05) is 23.7 Å². The number of nitrogens with zero attached hydrogens (tertiary/aromatic N) is 6. The van der Waals surface area contributed by atoms with E-state index >= 15 is 0 Å². The van der Waals surface area contributed by atoms with Gasteiger partial charge in [-0.2, -0.15) is 4.98 Å². The molecule has 2 aromatic heterocycles. The minimum absolute atomic E-state index is 0.235. The third-order valence-corrected chi connectivity index (χ3v) is 5.49. The van der Waals surface area contributed by atoms with Crippen molar-refractivity contribution in [3.05, 3.63) is 50.1 Å². The normalized spacial score (nSPS) is 14.6. The van der Waals surface area contributed by atoms with Gasteiger partial charge in [0.25, 0.3) is 5.56 Å². The molecular formula is C18H19ClN6O4. The van der Waals surface area contributed by atoms with Crippen molar-refractivity contribution in [2.24, 2.45) is 14.1 Å². The predicted molar refractivity (Wildman–Crippen MR) is 108 cm³/mol. The van der Waals surface area contributed by atoms with Crippen LogP contribution >= 0.6 is 11.6 Å². The highest BCUT2D eigenvalue weighted by atomic mass is 35.5. The van der Waals surface area contributed by atoms with Gasteiger partial charge in [-0.25, -0.2) is 9.59 Å². The van der Waals surface area contributed by atoms with Crippen LogP contribution in [0.5, 0.6) is 0 Å². The number of carbonyl (C=O) groups is 1. The van der Waals surface area contributed by atoms with Crippen LogP contribution in [-0.2, 0) is 14.1 Å². The van der Waals surface area contributed by atoms with E-state index in [9.17, 15) is 19.5 Å². The zero-order chi connectivity index (χ0) is 20.9. The van der Waals surface area contributed by atoms with Crippen molar-refractivity contribution in [1.29, 1.82) is 0 Å². The monoisotopic (exact) mass is 418 g/mol. The van der Waals surface area contributed by atoms with Gasteiger partial charge in [-0.3, -0.25) is 18.5 Å². The SMILES string of the molecule is Cn1c(=O)c2c(nc(N3CCN(C(=O)O)CC3)n2-c2ccccc2Cl)n(C)c1=O. The first-order valence-electron chi connectivity index (χ1n) is 8.97. The summed E-state index contributed by atoms with van der Waals surface area (Å²) in [5.41, 5.74) is 0.0784. The van der Waals surface area contributed by atoms with Crippen molar-refractivity contribution in [2.45, 2.75) is 0 Å². The van der Waals surface area contributed by atoms with Crippen LogP contribution in [0, 0.1) is 0 Å². The topological polar surface area (TPSA) is 106 Å². The number of benzene rings is 1. The van der Waals surface area contributed by atoms with Gasteiger partial charge in [0.15, 0.2) is 11.2 Å². The molecule has 1 fully saturated rings. The number of halogens is 1. The van der Waals surface area contributed by atoms with Crippen LogP contribution in [0.15, 0.2) is 33.9 Å². The van der Waals surface area contributed by atoms with Gasteiger partial charge in [0.05, 0.1) is 10.7 Å². The number of hydrogen-bond acceptors (Lipinski definition) is 5. The number of fused-ring (bicyclic) bond motifs is 1. The quantitative estimate of drug-likeness (QED) is 0.662. The molecule has 1 aromatic carbocycles. The number of amides is 1. The Labute approximate surface area is 169 Å². The number of anilines is 1. The van der Waals surface area contributed by atoms with E-state index in [1.165, 1.54) is 16.5 Å². The van der Waals surface area contributed by atoms with Crippen LogP contribution in [0.2, 0.25) is 5.02 Å². The van der Waals surface area contributed by atoms with E-state index in [0.29, 0.717) is 42.8 Å². The van der Waals surface area contributed by atoms with Gasteiger partial charge >= 0.3 is 11.8 Å². The molecule has 1 aliphatic rings. The lowest BCUT2D eigenvalue weighted by molar-refractivity contribution is 0.142. The standard InChI is InChI=1S/C18H19ClN6O4/c1-21-14-13(15(26)22(2)17(21)27)25(12-6-4-3-5-11(12)19)16(20-14)23-7-9-24(10-8-23)18(28)29/h3-6H,7-10H2,1-2H3,(H,28,29). The molecule has 1 aliphatic heterocycles. The van der Waals surface area contributed by atoms with Crippen LogP contribution in [-0.4, -0.2) is 61.0 Å². The van der Waals surface area contributed by atoms with E-state index in [-0.39, 0.29) is 11.2 Å². The molecule has 0 spiro atoms. The molecule has 3 aromatic rings. The molecule has 0 saturated carbocycles. The van der Waals surface area contributed by atoms with Crippen molar-refractivity contribution >= 4 is 34.8 Å². The first-order valence-corrected chi connectivity index (χ1v) is 9.35. The van der Waals surface area contributed by atoms with Crippen LogP contribution < -0.4 is 16.1 Å². The average molecular weight is 419 g/mol. The number of piperazine rings is 1. The third-order valence-electron chi connectivity index (χ3n) is 5.17. The lowest BCUT2D eigenvalue weighted by Gasteiger charge is -2.34. The van der Waals surface area contributed by atoms with Crippen LogP contribution in [0.3, 0.4) is 0 Å². The first kappa shape index (κ1) is 19.1. The summed E-state index contributed by atoms with van der Waals surface area (Å²) in [6.45, 7) is 1.40. The number of aryl methyl sites for hydroxylation is 1. The number of aromatic nitrogens is 4. The summed E-state index contributed by atoms with van der Waals surface area (Å²) >= 11 is 6.42. The number of para-hydroxylation sites is 1. The Hall–Kier alpha value is -3.27. The average Bonchev–Trinajstić information content (AvgIpc) is 3.11. The smallest absolute Gasteiger partial charge is 0.407 e. The maximum atomic E-state index is 13.0. The number of carboxylic acid groups (broad SMARTS) is 1. The van der Waals surface area contributed by atoms with E-state index in [0.717, 1.165) is 4.57 Å². The molecule has 4 rings (SSSR count). The molecule has 1 saturated heterocycles. The number of hydrogen-bond donors (Lipinski definition) is 1. The van der Waals surface area contributed by atoms with Gasteiger partial charge in [-0.05, 0) is 12.1 Å². The summed E-state index contributed by atoms with van der Waals surface area (Å²) in [6.07, 6.45) is -0.972. The lowest BCUT2D eigenvalue weighted by atomic mass is 10.3. The maximum absolute atomic E-state index is 13.0. The Balaban J connectivity index is 1.99. The molecule has 1 amide bonds. The van der Waals surface area contributed by atoms with Crippen molar-refractivity contribution < 1.29 is 9.90 Å². The number of imidazole rings is 1. The van der Waals surface area contributed by atoms with E-state index in [4.69, 9.17) is 11.6 Å². The van der Waals surface area contributed by atoms with E-state index < -0.39 is 17.3 Å². The van der Waals surface area contributed by atoms with Gasteiger partial charge in [0.2, 0.25) is 5.95 Å². The first-order chi connectivity index (χ1) is 13.8. The van der Waals surface area contributed by atoms with E-state index in [1.54, 1.807) is 35.9 Å². The summed E-state index contributed by atoms with van der Waals surface area (Å²) in [7, 11) is 2.97. The summed E-state index contributed by atoms with van der Waals surface area (Å²) in [5.74, 6) is 0.441. The highest BCUT2D eigenvalue weighted by molar-refractivity contribution is 6.32. The second kappa shape index (κ2) is 6.96. The highest BCUT2D eigenvalue weighted by Gasteiger charge is 2.28. The number of rotatable bonds is 2. The summed E-state index contributed by atoms with van der Waals surface area (Å²) in [6, 6.07) is 7.06. The molecule has 1 N–H and O–H groups in total. The molecule has 0 aliphatic carbocycles. The zero-order valence-electron chi connectivity index (χ0n) is 15.9. The molecule has 0 bridgehead atoms. The Morgan fingerprint density at radius 3 is 2.34 bits per heavy atom. The Morgan fingerprint density at radius 2 is 1.72 bits per heavy atom. The second-order valence-electron chi connectivity index (χ2n) is 6.83. The van der Waals surface area contributed by atoms with Crippen LogP contribution in [0.1, 0.15) is 0 Å². The fourth-order valence-corrected chi connectivity index (χ4v) is 3.78. The molecule has 0 radical (unpaired) electrons. The second-order valence-corrected chi connectivity index (χ2v) is 7.24. The highest BCUT2D eigenvalue weighted by Crippen LogP contribution is 2.29. The molecular weight excluding hydrogens is 400 g/mol. The van der Waals surface area contributed by atoms with Crippen LogP contribution in [0.4, 0.5) is 10.7 Å². The fraction of sp³-hybridized carbons (Fsp3) is 0.333. The van der Waals surface area contributed by atoms with Crippen molar-refractivity contribution in [1.82, 2.24) is 23.6 Å². The fourth-order valence-electron chi connectivity index (χ4n) is 3.56. The minimum atomic E-state index is -0.972. The Kier molecular flexibility index (Phi) is 4.58. The largest absolute Gasteiger partial charge is 0.465 e. The molecule has 152 valence electrons. The van der Waals surface area contributed by atoms with E-state index in [2.05, 4.69) is 4.98 Å². The van der Waals surface area contributed by atoms with Crippen molar-refractivity contribution in [2.75, 3.05) is 31.1 Å². The Bertz CT molecular complexity index is 1240. The Morgan fingerprint density at radius 1 is 1.07 bits per heavy atom. The maximum Gasteiger partial charge on any atom is 0.407 e. The summed E-state index contributed by atoms with van der Waals surface area (Å²) in [5, 5.41) is 9.62. The molecule has 11 heteroatoms. The van der Waals surface area contributed by atoms with Gasteiger partial charge in [-0.15, -0.1) is 0 Å². The van der Waals surface area contributed by atoms with Crippen LogP contribution in [0.25, 0.3) is 16.9 Å². The molecule has 29 heavy (non-hydrogen) atoms. The van der Waals surface area contributed by atoms with Crippen molar-refractivity contribution in [3.8, 4) is 5.69 Å². The van der Waals surface area contributed by atoms with E-state index in [1.807, 2.05) is 4.90 Å². The summed E-state index contributed by atoms with van der Waals surface area (Å²) < 4.78 is 4.00. The minimum Gasteiger partial charge on any atom is -0.465 e. The van der Waals surface area contributed by atoms with Crippen molar-refractivity contribution in [3.63, 3.8) is 0 Å². The predicted octanol–water partition coefficient (Wildman–Crippen LogP) is 0.876. The third kappa shape index (κ3) is 2.96. The van der Waals surface area contributed by atoms with Gasteiger partial charge in [0.1, 0.15) is 0 Å². The molecule has 0 atom stereocenters.